The maximum atomic E-state index is 12.4. The van der Waals surface area contributed by atoms with Crippen molar-refractivity contribution in [2.45, 2.75) is 40.0 Å². The zero-order chi connectivity index (χ0) is 17.1. The first-order valence-corrected chi connectivity index (χ1v) is 8.49. The molecule has 1 aliphatic rings. The summed E-state index contributed by atoms with van der Waals surface area (Å²) in [5.74, 6) is -0.317. The Morgan fingerprint density at radius 3 is 2.61 bits per heavy atom. The lowest BCUT2D eigenvalue weighted by molar-refractivity contribution is -0.118. The van der Waals surface area contributed by atoms with Gasteiger partial charge in [0.1, 0.15) is 5.00 Å². The molecule has 126 valence electrons. The topological polar surface area (TPSA) is 84.5 Å². The predicted molar refractivity (Wildman–Crippen MR) is 88.8 cm³/mol. The minimum atomic E-state index is -0.805. The Hall–Kier alpha value is -1.89. The average molecular weight is 338 g/mol. The molecule has 0 fully saturated rings. The number of hydrogen-bond donors (Lipinski definition) is 2. The summed E-state index contributed by atoms with van der Waals surface area (Å²) >= 11 is 1.43. The van der Waals surface area contributed by atoms with Crippen molar-refractivity contribution in [3.8, 4) is 0 Å². The van der Waals surface area contributed by atoms with Crippen LogP contribution >= 0.6 is 11.3 Å². The van der Waals surface area contributed by atoms with E-state index in [1.165, 1.54) is 18.4 Å². The van der Waals surface area contributed by atoms with Crippen LogP contribution in [0.2, 0.25) is 0 Å². The molecule has 2 rings (SSSR count). The molecule has 1 aromatic rings. The number of imide groups is 1. The van der Waals surface area contributed by atoms with Crippen LogP contribution in [0.15, 0.2) is 0 Å². The van der Waals surface area contributed by atoms with Crippen molar-refractivity contribution >= 4 is 34.2 Å². The first-order valence-electron chi connectivity index (χ1n) is 7.68. The number of anilines is 1. The largest absolute Gasteiger partial charge is 0.453 e. The molecule has 0 aromatic carbocycles. The quantitative estimate of drug-likeness (QED) is 0.887. The minimum Gasteiger partial charge on any atom is -0.453 e. The highest BCUT2D eigenvalue weighted by Crippen LogP contribution is 2.39. The fraction of sp³-hybridized carbons (Fsp3) is 0.562. The van der Waals surface area contributed by atoms with Crippen molar-refractivity contribution < 1.29 is 19.1 Å². The average Bonchev–Trinajstić information content (AvgIpc) is 2.83. The molecule has 3 amide bonds. The number of ether oxygens (including phenoxy) is 1. The summed E-state index contributed by atoms with van der Waals surface area (Å²) < 4.78 is 4.48. The van der Waals surface area contributed by atoms with Gasteiger partial charge < -0.3 is 10.1 Å². The van der Waals surface area contributed by atoms with Crippen LogP contribution in [0.5, 0.6) is 0 Å². The number of nitrogens with one attached hydrogen (secondary N) is 2. The summed E-state index contributed by atoms with van der Waals surface area (Å²) in [5.41, 5.74) is 1.34. The van der Waals surface area contributed by atoms with Gasteiger partial charge in [0.05, 0.1) is 12.7 Å². The molecule has 0 saturated heterocycles. The molecule has 2 N–H and O–H groups in total. The molecule has 0 radical (unpaired) electrons. The van der Waals surface area contributed by atoms with Crippen LogP contribution in [0.1, 0.15) is 48.0 Å². The van der Waals surface area contributed by atoms with Crippen molar-refractivity contribution in [2.24, 2.45) is 11.8 Å². The van der Waals surface area contributed by atoms with E-state index in [0.717, 1.165) is 29.7 Å². The molecule has 1 heterocycles. The molecule has 0 saturated carbocycles. The SMILES string of the molecule is COC(=O)NC(=O)c1c(NC(=O)C(C)C)sc2c1CC[C@H](C)C2. The summed E-state index contributed by atoms with van der Waals surface area (Å²) in [6, 6.07) is 0. The second-order valence-electron chi connectivity index (χ2n) is 6.15. The number of carbonyl (C=O) groups excluding carboxylic acids is 3. The zero-order valence-electron chi connectivity index (χ0n) is 13.8. The second-order valence-corrected chi connectivity index (χ2v) is 7.25. The summed E-state index contributed by atoms with van der Waals surface area (Å²) in [4.78, 5) is 36.9. The van der Waals surface area contributed by atoms with Gasteiger partial charge in [0.2, 0.25) is 5.91 Å². The van der Waals surface area contributed by atoms with Crippen LogP contribution < -0.4 is 10.6 Å². The van der Waals surface area contributed by atoms with Gasteiger partial charge in [-0.25, -0.2) is 4.79 Å². The van der Waals surface area contributed by atoms with Crippen LogP contribution in [0.3, 0.4) is 0 Å². The number of thiophene rings is 1. The Morgan fingerprint density at radius 2 is 2.00 bits per heavy atom. The van der Waals surface area contributed by atoms with E-state index in [0.29, 0.717) is 16.5 Å². The lowest BCUT2D eigenvalue weighted by Crippen LogP contribution is -2.32. The van der Waals surface area contributed by atoms with E-state index in [2.05, 4.69) is 22.3 Å². The zero-order valence-corrected chi connectivity index (χ0v) is 14.6. The van der Waals surface area contributed by atoms with Gasteiger partial charge in [-0.1, -0.05) is 20.8 Å². The molecule has 1 atom stereocenters. The van der Waals surface area contributed by atoms with Gasteiger partial charge in [-0.05, 0) is 30.7 Å². The summed E-state index contributed by atoms with van der Waals surface area (Å²) in [7, 11) is 1.20. The Labute approximate surface area is 139 Å². The normalized spacial score (nSPS) is 16.7. The van der Waals surface area contributed by atoms with Gasteiger partial charge in [0.15, 0.2) is 0 Å². The number of amides is 3. The fourth-order valence-corrected chi connectivity index (χ4v) is 3.95. The highest BCUT2D eigenvalue weighted by atomic mass is 32.1. The van der Waals surface area contributed by atoms with E-state index in [-0.39, 0.29) is 11.8 Å². The molecular weight excluding hydrogens is 316 g/mol. The third kappa shape index (κ3) is 3.90. The molecule has 0 unspecified atom stereocenters. The maximum Gasteiger partial charge on any atom is 0.413 e. The Morgan fingerprint density at radius 1 is 1.30 bits per heavy atom. The third-order valence-electron chi connectivity index (χ3n) is 3.90. The highest BCUT2D eigenvalue weighted by molar-refractivity contribution is 7.17. The van der Waals surface area contributed by atoms with Gasteiger partial charge in [-0.3, -0.25) is 14.9 Å². The number of fused-ring (bicyclic) bond motifs is 1. The van der Waals surface area contributed by atoms with E-state index in [9.17, 15) is 14.4 Å². The van der Waals surface area contributed by atoms with Gasteiger partial charge in [0, 0.05) is 10.8 Å². The van der Waals surface area contributed by atoms with Crippen LogP contribution in [-0.4, -0.2) is 25.0 Å². The minimum absolute atomic E-state index is 0.149. The number of alkyl carbamates (subject to hydrolysis) is 1. The highest BCUT2D eigenvalue weighted by Gasteiger charge is 2.29. The van der Waals surface area contributed by atoms with Crippen molar-refractivity contribution in [1.82, 2.24) is 5.32 Å². The van der Waals surface area contributed by atoms with Crippen LogP contribution in [0.4, 0.5) is 9.80 Å². The molecule has 0 bridgehead atoms. The number of rotatable bonds is 3. The van der Waals surface area contributed by atoms with E-state index in [4.69, 9.17) is 0 Å². The number of carbonyl (C=O) groups is 3. The lowest BCUT2D eigenvalue weighted by Gasteiger charge is -2.18. The van der Waals surface area contributed by atoms with Gasteiger partial charge >= 0.3 is 6.09 Å². The van der Waals surface area contributed by atoms with Crippen LogP contribution in [0.25, 0.3) is 0 Å². The van der Waals surface area contributed by atoms with E-state index >= 15 is 0 Å². The van der Waals surface area contributed by atoms with E-state index < -0.39 is 12.0 Å². The summed E-state index contributed by atoms with van der Waals surface area (Å²) in [6.07, 6.45) is 1.84. The van der Waals surface area contributed by atoms with Crippen molar-refractivity contribution in [3.05, 3.63) is 16.0 Å². The molecule has 1 aromatic heterocycles. The summed E-state index contributed by atoms with van der Waals surface area (Å²) in [6.45, 7) is 5.75. The monoisotopic (exact) mass is 338 g/mol. The maximum absolute atomic E-state index is 12.4. The third-order valence-corrected chi connectivity index (χ3v) is 5.07. The van der Waals surface area contributed by atoms with E-state index in [1.54, 1.807) is 13.8 Å². The first-order chi connectivity index (χ1) is 10.8. The Bertz CT molecular complexity index is 636. The first kappa shape index (κ1) is 17.5. The molecule has 0 spiro atoms. The lowest BCUT2D eigenvalue weighted by atomic mass is 9.88. The van der Waals surface area contributed by atoms with E-state index in [1.807, 2.05) is 0 Å². The molecule has 23 heavy (non-hydrogen) atoms. The smallest absolute Gasteiger partial charge is 0.413 e. The Kier molecular flexibility index (Phi) is 5.41. The van der Waals surface area contributed by atoms with Crippen molar-refractivity contribution in [3.63, 3.8) is 0 Å². The Balaban J connectivity index is 2.38. The molecule has 0 aliphatic heterocycles. The molecule has 7 heteroatoms. The molecule has 6 nitrogen and oxygen atoms in total. The van der Waals surface area contributed by atoms with Crippen LogP contribution in [-0.2, 0) is 22.4 Å². The predicted octanol–water partition coefficient (Wildman–Crippen LogP) is 2.96. The van der Waals surface area contributed by atoms with Crippen molar-refractivity contribution in [2.75, 3.05) is 12.4 Å². The van der Waals surface area contributed by atoms with Gasteiger partial charge in [0.25, 0.3) is 5.91 Å². The second kappa shape index (κ2) is 7.12. The van der Waals surface area contributed by atoms with Gasteiger partial charge in [-0.15, -0.1) is 11.3 Å². The fourth-order valence-electron chi connectivity index (χ4n) is 2.54. The number of hydrogen-bond acceptors (Lipinski definition) is 5. The number of methoxy groups -OCH3 is 1. The van der Waals surface area contributed by atoms with Crippen LogP contribution in [0, 0.1) is 11.8 Å². The van der Waals surface area contributed by atoms with Gasteiger partial charge in [-0.2, -0.15) is 0 Å². The molecular formula is C16H22N2O4S. The van der Waals surface area contributed by atoms with Crippen molar-refractivity contribution in [1.29, 1.82) is 0 Å². The summed E-state index contributed by atoms with van der Waals surface area (Å²) in [5, 5.41) is 5.53. The molecule has 1 aliphatic carbocycles. The standard InChI is InChI=1S/C16H22N2O4S/c1-8(2)13(19)17-15-12(14(20)18-16(21)22-4)10-6-5-9(3)7-11(10)23-15/h8-9H,5-7H2,1-4H3,(H,17,19)(H,18,20,21)/t9-/m0/s1.